The van der Waals surface area contributed by atoms with Gasteiger partial charge in [0.25, 0.3) is 0 Å². The monoisotopic (exact) mass is 446 g/mol. The molecule has 33 heavy (non-hydrogen) atoms. The third kappa shape index (κ3) is 3.22. The molecule has 1 saturated heterocycles. The molecule has 1 fully saturated rings. The SMILES string of the molecule is c1ccc2c(c1)nc1n2C(c2ccc3c(c2)OCCO3)NC2=NCN(CC3CCCO3)CN21. The standard InChI is InChI=1S/C24H26N6O3/c1-2-6-19-18(5-1)26-24-29-15-28(13-17-4-3-9-31-17)14-25-23(29)27-22(30(19)24)16-7-8-20-21(12-16)33-11-10-32-20/h1-2,5-8,12,17,22H,3-4,9-11,13-15H2,(H,25,27). The van der Waals surface area contributed by atoms with Gasteiger partial charge in [-0.25, -0.2) is 9.98 Å². The van der Waals surface area contributed by atoms with E-state index in [0.717, 1.165) is 72.7 Å². The summed E-state index contributed by atoms with van der Waals surface area (Å²) in [5.41, 5.74) is 3.12. The van der Waals surface area contributed by atoms with Crippen molar-refractivity contribution in [2.45, 2.75) is 25.1 Å². The number of nitrogens with one attached hydrogen (secondary N) is 1. The highest BCUT2D eigenvalue weighted by Crippen LogP contribution is 2.38. The average Bonchev–Trinajstić information content (AvgIpc) is 3.51. The number of guanidine groups is 1. The highest BCUT2D eigenvalue weighted by molar-refractivity contribution is 5.98. The van der Waals surface area contributed by atoms with Gasteiger partial charge >= 0.3 is 0 Å². The quantitative estimate of drug-likeness (QED) is 0.663. The lowest BCUT2D eigenvalue weighted by atomic mass is 10.1. The third-order valence-corrected chi connectivity index (χ3v) is 6.73. The van der Waals surface area contributed by atoms with E-state index in [9.17, 15) is 0 Å². The number of anilines is 1. The van der Waals surface area contributed by atoms with E-state index >= 15 is 0 Å². The van der Waals surface area contributed by atoms with E-state index in [1.54, 1.807) is 0 Å². The smallest absolute Gasteiger partial charge is 0.216 e. The van der Waals surface area contributed by atoms with Gasteiger partial charge in [-0.05, 0) is 42.7 Å². The molecule has 9 nitrogen and oxygen atoms in total. The molecule has 1 aromatic heterocycles. The molecule has 0 saturated carbocycles. The van der Waals surface area contributed by atoms with Gasteiger partial charge in [-0.1, -0.05) is 18.2 Å². The maximum Gasteiger partial charge on any atom is 0.216 e. The van der Waals surface area contributed by atoms with Crippen LogP contribution in [0, 0.1) is 0 Å². The maximum absolute atomic E-state index is 5.86. The van der Waals surface area contributed by atoms with E-state index in [0.29, 0.717) is 26.0 Å². The highest BCUT2D eigenvalue weighted by atomic mass is 16.6. The molecular formula is C24H26N6O3. The van der Waals surface area contributed by atoms with Crippen molar-refractivity contribution >= 4 is 22.9 Å². The number of aromatic nitrogens is 2. The number of nitrogens with zero attached hydrogens (tertiary/aromatic N) is 5. The minimum absolute atomic E-state index is 0.150. The van der Waals surface area contributed by atoms with Gasteiger partial charge in [0.1, 0.15) is 19.4 Å². The molecule has 5 heterocycles. The Labute approximate surface area is 191 Å². The summed E-state index contributed by atoms with van der Waals surface area (Å²) in [7, 11) is 0. The molecule has 4 aliphatic heterocycles. The van der Waals surface area contributed by atoms with Crippen LogP contribution in [0.1, 0.15) is 24.6 Å². The number of rotatable bonds is 3. The Morgan fingerprint density at radius 1 is 1.03 bits per heavy atom. The van der Waals surface area contributed by atoms with Crippen molar-refractivity contribution in [3.05, 3.63) is 48.0 Å². The molecule has 3 aromatic rings. The minimum atomic E-state index is -0.150. The van der Waals surface area contributed by atoms with Crippen LogP contribution in [0.4, 0.5) is 5.95 Å². The first-order chi connectivity index (χ1) is 16.3. The van der Waals surface area contributed by atoms with Crippen molar-refractivity contribution in [2.24, 2.45) is 4.99 Å². The van der Waals surface area contributed by atoms with E-state index in [1.165, 1.54) is 0 Å². The van der Waals surface area contributed by atoms with Crippen LogP contribution in [0.15, 0.2) is 47.5 Å². The summed E-state index contributed by atoms with van der Waals surface area (Å²) in [5, 5.41) is 3.67. The number of para-hydroxylation sites is 2. The Morgan fingerprint density at radius 3 is 2.85 bits per heavy atom. The second-order valence-electron chi connectivity index (χ2n) is 8.90. The van der Waals surface area contributed by atoms with Gasteiger partial charge < -0.3 is 19.5 Å². The van der Waals surface area contributed by atoms with Gasteiger partial charge in [-0.15, -0.1) is 0 Å². The Hall–Kier alpha value is -3.30. The van der Waals surface area contributed by atoms with Crippen LogP contribution in [-0.2, 0) is 4.74 Å². The lowest BCUT2D eigenvalue weighted by Crippen LogP contribution is -2.58. The summed E-state index contributed by atoms with van der Waals surface area (Å²) in [6.45, 7) is 4.27. The highest BCUT2D eigenvalue weighted by Gasteiger charge is 2.36. The fourth-order valence-corrected chi connectivity index (χ4v) is 5.16. The van der Waals surface area contributed by atoms with Crippen LogP contribution in [0.25, 0.3) is 11.0 Å². The van der Waals surface area contributed by atoms with Crippen molar-refractivity contribution in [1.82, 2.24) is 19.8 Å². The predicted octanol–water partition coefficient (Wildman–Crippen LogP) is 2.53. The minimum Gasteiger partial charge on any atom is -0.486 e. The van der Waals surface area contributed by atoms with Gasteiger partial charge in [0.15, 0.2) is 11.5 Å². The van der Waals surface area contributed by atoms with Gasteiger partial charge in [0.05, 0.1) is 30.5 Å². The Kier molecular flexibility index (Phi) is 4.44. The van der Waals surface area contributed by atoms with Gasteiger partial charge in [-0.2, -0.15) is 0 Å². The van der Waals surface area contributed by atoms with Gasteiger partial charge in [0, 0.05) is 13.2 Å². The number of benzene rings is 2. The Morgan fingerprint density at radius 2 is 1.94 bits per heavy atom. The van der Waals surface area contributed by atoms with Crippen LogP contribution in [0.3, 0.4) is 0 Å². The number of imidazole rings is 1. The van der Waals surface area contributed by atoms with E-state index in [-0.39, 0.29) is 6.17 Å². The fraction of sp³-hybridized carbons (Fsp3) is 0.417. The van der Waals surface area contributed by atoms with E-state index in [1.807, 2.05) is 12.1 Å². The molecule has 4 aliphatic rings. The van der Waals surface area contributed by atoms with E-state index in [2.05, 4.69) is 50.0 Å². The summed E-state index contributed by atoms with van der Waals surface area (Å²) in [6.07, 6.45) is 2.41. The molecule has 9 heteroatoms. The number of fused-ring (bicyclic) bond motifs is 6. The summed E-state index contributed by atoms with van der Waals surface area (Å²) in [4.78, 5) is 14.4. The molecule has 170 valence electrons. The zero-order chi connectivity index (χ0) is 21.8. The molecule has 7 rings (SSSR count). The Bertz CT molecular complexity index is 1230. The number of ether oxygens (including phenoxy) is 3. The van der Waals surface area contributed by atoms with Crippen molar-refractivity contribution in [1.29, 1.82) is 0 Å². The molecule has 2 unspecified atom stereocenters. The maximum atomic E-state index is 5.86. The molecule has 0 bridgehead atoms. The van der Waals surface area contributed by atoms with Gasteiger partial charge in [-0.3, -0.25) is 14.4 Å². The summed E-state index contributed by atoms with van der Waals surface area (Å²) in [6, 6.07) is 14.4. The number of hydrogen-bond acceptors (Lipinski definition) is 8. The lowest BCUT2D eigenvalue weighted by molar-refractivity contribution is 0.0732. The predicted molar refractivity (Wildman–Crippen MR) is 124 cm³/mol. The largest absolute Gasteiger partial charge is 0.486 e. The molecule has 0 spiro atoms. The summed E-state index contributed by atoms with van der Waals surface area (Å²) in [5.74, 6) is 3.31. The molecule has 0 radical (unpaired) electrons. The summed E-state index contributed by atoms with van der Waals surface area (Å²) < 4.78 is 19.7. The fourth-order valence-electron chi connectivity index (χ4n) is 5.16. The second-order valence-corrected chi connectivity index (χ2v) is 8.90. The normalized spacial score (nSPS) is 24.2. The number of hydrogen-bond donors (Lipinski definition) is 1. The molecule has 0 aliphatic carbocycles. The molecule has 2 aromatic carbocycles. The Balaban J connectivity index is 1.29. The molecular weight excluding hydrogens is 420 g/mol. The first kappa shape index (κ1) is 19.2. The van der Waals surface area contributed by atoms with Crippen LogP contribution in [-0.4, -0.2) is 66.2 Å². The summed E-state index contributed by atoms with van der Waals surface area (Å²) >= 11 is 0. The third-order valence-electron chi connectivity index (χ3n) is 6.73. The average molecular weight is 447 g/mol. The van der Waals surface area contributed by atoms with Gasteiger partial charge in [0.2, 0.25) is 11.9 Å². The van der Waals surface area contributed by atoms with E-state index in [4.69, 9.17) is 24.2 Å². The topological polar surface area (TPSA) is 76.4 Å². The van der Waals surface area contributed by atoms with E-state index < -0.39 is 0 Å². The van der Waals surface area contributed by atoms with Crippen molar-refractivity contribution in [3.8, 4) is 11.5 Å². The van der Waals surface area contributed by atoms with Crippen LogP contribution >= 0.6 is 0 Å². The molecule has 1 N–H and O–H groups in total. The molecule has 2 atom stereocenters. The molecule has 0 amide bonds. The zero-order valence-electron chi connectivity index (χ0n) is 18.3. The van der Waals surface area contributed by atoms with Crippen molar-refractivity contribution in [3.63, 3.8) is 0 Å². The van der Waals surface area contributed by atoms with Crippen LogP contribution < -0.4 is 19.7 Å². The lowest BCUT2D eigenvalue weighted by Gasteiger charge is -2.42. The van der Waals surface area contributed by atoms with Crippen molar-refractivity contribution in [2.75, 3.05) is 44.6 Å². The zero-order valence-corrected chi connectivity index (χ0v) is 18.3. The second kappa shape index (κ2) is 7.64. The van der Waals surface area contributed by atoms with Crippen molar-refractivity contribution < 1.29 is 14.2 Å². The van der Waals surface area contributed by atoms with Crippen LogP contribution in [0.5, 0.6) is 11.5 Å². The number of aliphatic imine (C=N–C) groups is 1. The first-order valence-electron chi connectivity index (χ1n) is 11.6. The van der Waals surface area contributed by atoms with Crippen LogP contribution in [0.2, 0.25) is 0 Å². The first-order valence-corrected chi connectivity index (χ1v) is 11.6.